The van der Waals surface area contributed by atoms with Crippen molar-refractivity contribution in [2.45, 2.75) is 0 Å². The Balaban J connectivity index is 2.19. The van der Waals surface area contributed by atoms with Crippen LogP contribution < -0.4 is 24.3 Å². The molecule has 0 unspecified atom stereocenters. The Bertz CT molecular complexity index is 770. The summed E-state index contributed by atoms with van der Waals surface area (Å²) in [4.78, 5) is 12.1. The first-order chi connectivity index (χ1) is 12.1. The average molecular weight is 343 g/mol. The normalized spacial score (nSPS) is 10.4. The third-order valence-corrected chi connectivity index (χ3v) is 3.49. The van der Waals surface area contributed by atoms with Crippen molar-refractivity contribution in [2.75, 3.05) is 33.8 Å². The fourth-order valence-corrected chi connectivity index (χ4v) is 2.31. The van der Waals surface area contributed by atoms with Crippen LogP contribution in [0.25, 0.3) is 6.08 Å². The van der Waals surface area contributed by atoms with Crippen molar-refractivity contribution in [1.29, 1.82) is 0 Å². The number of carbonyl (C=O) groups excluding carboxylic acids is 1. The van der Waals surface area contributed by atoms with Crippen molar-refractivity contribution in [3.05, 3.63) is 48.0 Å². The number of anilines is 1. The maximum atomic E-state index is 12.1. The molecule has 0 saturated carbocycles. The second-order valence-corrected chi connectivity index (χ2v) is 4.98. The number of amides is 1. The van der Waals surface area contributed by atoms with Crippen LogP contribution in [0.5, 0.6) is 23.0 Å². The van der Waals surface area contributed by atoms with E-state index in [9.17, 15) is 4.79 Å². The Morgan fingerprint density at radius 1 is 0.920 bits per heavy atom. The first kappa shape index (κ1) is 18.2. The molecule has 2 aromatic rings. The van der Waals surface area contributed by atoms with Crippen LogP contribution in [0.4, 0.5) is 5.69 Å². The molecule has 0 aliphatic carbocycles. The summed E-state index contributed by atoms with van der Waals surface area (Å²) in [5.41, 5.74) is 1.34. The summed E-state index contributed by atoms with van der Waals surface area (Å²) in [7, 11) is 6.19. The fraction of sp³-hybridized carbons (Fsp3) is 0.211. The van der Waals surface area contributed by atoms with Gasteiger partial charge in [-0.2, -0.15) is 0 Å². The van der Waals surface area contributed by atoms with Gasteiger partial charge in [-0.3, -0.25) is 4.79 Å². The highest BCUT2D eigenvalue weighted by atomic mass is 16.5. The average Bonchev–Trinajstić information content (AvgIpc) is 2.65. The monoisotopic (exact) mass is 343 g/mol. The Morgan fingerprint density at radius 2 is 1.68 bits per heavy atom. The number of carbonyl (C=O) groups is 1. The maximum absolute atomic E-state index is 12.1. The molecule has 0 aliphatic heterocycles. The number of methoxy groups -OCH3 is 4. The van der Waals surface area contributed by atoms with E-state index in [0.29, 0.717) is 34.2 Å². The van der Waals surface area contributed by atoms with Crippen LogP contribution in [-0.4, -0.2) is 34.3 Å². The highest BCUT2D eigenvalue weighted by Gasteiger charge is 2.14. The Kier molecular flexibility index (Phi) is 6.28. The Morgan fingerprint density at radius 3 is 2.32 bits per heavy atom. The molecule has 0 spiro atoms. The molecule has 0 fully saturated rings. The molecule has 25 heavy (non-hydrogen) atoms. The third-order valence-electron chi connectivity index (χ3n) is 3.49. The molecule has 0 saturated heterocycles. The van der Waals surface area contributed by atoms with Crippen molar-refractivity contribution in [3.63, 3.8) is 0 Å². The molecule has 0 bridgehead atoms. The quantitative estimate of drug-likeness (QED) is 0.781. The van der Waals surface area contributed by atoms with Gasteiger partial charge in [0.1, 0.15) is 5.75 Å². The number of nitrogens with one attached hydrogen (secondary N) is 1. The molecule has 0 radical (unpaired) electrons. The number of hydrogen-bond acceptors (Lipinski definition) is 5. The minimum Gasteiger partial charge on any atom is -0.497 e. The molecule has 6 heteroatoms. The zero-order valence-corrected chi connectivity index (χ0v) is 14.7. The summed E-state index contributed by atoms with van der Waals surface area (Å²) < 4.78 is 21.1. The first-order valence-electron chi connectivity index (χ1n) is 7.55. The minimum absolute atomic E-state index is 0.273. The van der Waals surface area contributed by atoms with Gasteiger partial charge in [-0.15, -0.1) is 0 Å². The van der Waals surface area contributed by atoms with Crippen LogP contribution >= 0.6 is 0 Å². The zero-order valence-electron chi connectivity index (χ0n) is 14.7. The standard InChI is InChI=1S/C19H21NO5/c1-22-15-7-5-6-14(12-15)20-17(21)11-9-13-8-10-16(23-2)19(25-4)18(13)24-3/h5-12H,1-4H3,(H,20,21). The lowest BCUT2D eigenvalue weighted by molar-refractivity contribution is -0.111. The van der Waals surface area contributed by atoms with E-state index >= 15 is 0 Å². The van der Waals surface area contributed by atoms with E-state index in [4.69, 9.17) is 18.9 Å². The highest BCUT2D eigenvalue weighted by molar-refractivity contribution is 6.02. The van der Waals surface area contributed by atoms with Gasteiger partial charge < -0.3 is 24.3 Å². The van der Waals surface area contributed by atoms with Gasteiger partial charge in [0.05, 0.1) is 28.4 Å². The van der Waals surface area contributed by atoms with Crippen LogP contribution in [0.15, 0.2) is 42.5 Å². The summed E-state index contributed by atoms with van der Waals surface area (Å²) in [6, 6.07) is 10.7. The predicted octanol–water partition coefficient (Wildman–Crippen LogP) is 3.37. The molecule has 0 aliphatic rings. The predicted molar refractivity (Wildman–Crippen MR) is 96.8 cm³/mol. The van der Waals surface area contributed by atoms with E-state index < -0.39 is 0 Å². The van der Waals surface area contributed by atoms with Gasteiger partial charge in [0.25, 0.3) is 0 Å². The van der Waals surface area contributed by atoms with Gasteiger partial charge in [0.2, 0.25) is 11.7 Å². The van der Waals surface area contributed by atoms with Gasteiger partial charge in [0, 0.05) is 23.4 Å². The minimum atomic E-state index is -0.273. The lowest BCUT2D eigenvalue weighted by Gasteiger charge is -2.14. The second kappa shape index (κ2) is 8.63. The van der Waals surface area contributed by atoms with Gasteiger partial charge in [-0.05, 0) is 30.3 Å². The lowest BCUT2D eigenvalue weighted by atomic mass is 10.1. The molecule has 0 atom stereocenters. The SMILES string of the molecule is COc1cccc(NC(=O)C=Cc2ccc(OC)c(OC)c2OC)c1. The third kappa shape index (κ3) is 4.44. The van der Waals surface area contributed by atoms with E-state index in [-0.39, 0.29) is 5.91 Å². The van der Waals surface area contributed by atoms with Crippen molar-refractivity contribution >= 4 is 17.7 Å². The topological polar surface area (TPSA) is 66.0 Å². The van der Waals surface area contributed by atoms with E-state index in [1.54, 1.807) is 56.7 Å². The van der Waals surface area contributed by atoms with Gasteiger partial charge in [0.15, 0.2) is 11.5 Å². The van der Waals surface area contributed by atoms with E-state index in [0.717, 1.165) is 0 Å². The molecule has 0 heterocycles. The molecule has 0 aromatic heterocycles. The largest absolute Gasteiger partial charge is 0.497 e. The van der Waals surface area contributed by atoms with Crippen molar-refractivity contribution in [2.24, 2.45) is 0 Å². The van der Waals surface area contributed by atoms with Crippen molar-refractivity contribution in [1.82, 2.24) is 0 Å². The van der Waals surface area contributed by atoms with Gasteiger partial charge >= 0.3 is 0 Å². The fourth-order valence-electron chi connectivity index (χ4n) is 2.31. The summed E-state index contributed by atoms with van der Waals surface area (Å²) >= 11 is 0. The number of benzene rings is 2. The van der Waals surface area contributed by atoms with E-state index in [1.807, 2.05) is 0 Å². The molecule has 2 rings (SSSR count). The van der Waals surface area contributed by atoms with Gasteiger partial charge in [-0.1, -0.05) is 6.07 Å². The smallest absolute Gasteiger partial charge is 0.248 e. The summed E-state index contributed by atoms with van der Waals surface area (Å²) in [6.07, 6.45) is 3.07. The molecule has 1 amide bonds. The highest BCUT2D eigenvalue weighted by Crippen LogP contribution is 2.40. The van der Waals surface area contributed by atoms with Crippen molar-refractivity contribution in [3.8, 4) is 23.0 Å². The van der Waals surface area contributed by atoms with Crippen molar-refractivity contribution < 1.29 is 23.7 Å². The van der Waals surface area contributed by atoms with E-state index in [1.165, 1.54) is 20.3 Å². The summed E-state index contributed by atoms with van der Waals surface area (Å²) in [5.74, 6) is 1.92. The number of hydrogen-bond donors (Lipinski definition) is 1. The van der Waals surface area contributed by atoms with Crippen LogP contribution in [0.2, 0.25) is 0 Å². The molecular formula is C19H21NO5. The van der Waals surface area contributed by atoms with Crippen LogP contribution in [0, 0.1) is 0 Å². The Labute approximate surface area is 147 Å². The molecule has 1 N–H and O–H groups in total. The first-order valence-corrected chi connectivity index (χ1v) is 7.55. The number of ether oxygens (including phenoxy) is 4. The zero-order chi connectivity index (χ0) is 18.2. The summed E-state index contributed by atoms with van der Waals surface area (Å²) in [5, 5.41) is 2.77. The van der Waals surface area contributed by atoms with Crippen LogP contribution in [0.1, 0.15) is 5.56 Å². The van der Waals surface area contributed by atoms with E-state index in [2.05, 4.69) is 5.32 Å². The number of rotatable bonds is 7. The Hall–Kier alpha value is -3.15. The summed E-state index contributed by atoms with van der Waals surface area (Å²) in [6.45, 7) is 0. The molecular weight excluding hydrogens is 322 g/mol. The van der Waals surface area contributed by atoms with Gasteiger partial charge in [-0.25, -0.2) is 0 Å². The maximum Gasteiger partial charge on any atom is 0.248 e. The van der Waals surface area contributed by atoms with Crippen LogP contribution in [-0.2, 0) is 4.79 Å². The second-order valence-electron chi connectivity index (χ2n) is 4.98. The van der Waals surface area contributed by atoms with Crippen LogP contribution in [0.3, 0.4) is 0 Å². The molecule has 2 aromatic carbocycles. The molecule has 132 valence electrons. The molecule has 6 nitrogen and oxygen atoms in total. The lowest BCUT2D eigenvalue weighted by Crippen LogP contribution is -2.07.